The molecule has 3 aromatic rings. The second-order valence-electron chi connectivity index (χ2n) is 9.36. The van der Waals surface area contributed by atoms with E-state index in [2.05, 4.69) is 20.2 Å². The Hall–Kier alpha value is -3.49. The van der Waals surface area contributed by atoms with Gasteiger partial charge >= 0.3 is 0 Å². The van der Waals surface area contributed by atoms with E-state index < -0.39 is 23.1 Å². The van der Waals surface area contributed by atoms with Gasteiger partial charge in [0.05, 0.1) is 29.5 Å². The number of carbonyl (C=O) groups excluding carboxylic acids is 1. The quantitative estimate of drug-likeness (QED) is 0.591. The summed E-state index contributed by atoms with van der Waals surface area (Å²) in [6.07, 6.45) is 13.3. The summed E-state index contributed by atoms with van der Waals surface area (Å²) >= 11 is 0. The second-order valence-corrected chi connectivity index (χ2v) is 9.36. The molecule has 0 N–H and O–H groups in total. The summed E-state index contributed by atoms with van der Waals surface area (Å²) in [6, 6.07) is 2.95. The van der Waals surface area contributed by atoms with Crippen molar-refractivity contribution in [2.45, 2.75) is 38.3 Å². The van der Waals surface area contributed by atoms with Crippen molar-refractivity contribution in [2.24, 2.45) is 22.4 Å². The summed E-state index contributed by atoms with van der Waals surface area (Å²) in [5.41, 5.74) is 1.68. The lowest BCUT2D eigenvalue weighted by Crippen LogP contribution is -2.45. The number of hydrazone groups is 1. The molecule has 9 heteroatoms. The van der Waals surface area contributed by atoms with Crippen molar-refractivity contribution in [3.05, 3.63) is 66.4 Å². The Morgan fingerprint density at radius 3 is 2.67 bits per heavy atom. The zero-order valence-corrected chi connectivity index (χ0v) is 17.8. The SMILES string of the molecule is O=C(N1N=CCC1c1cc(F)cc(F)c1)C12CC(Cn3cc(-c4cnccn4)cn3)C(C1)C2. The van der Waals surface area contributed by atoms with E-state index in [1.165, 1.54) is 17.1 Å². The van der Waals surface area contributed by atoms with Crippen LogP contribution in [0.1, 0.15) is 37.3 Å². The van der Waals surface area contributed by atoms with Crippen LogP contribution in [-0.2, 0) is 11.3 Å². The molecule has 1 aromatic carbocycles. The van der Waals surface area contributed by atoms with Gasteiger partial charge in [0.1, 0.15) is 11.6 Å². The van der Waals surface area contributed by atoms with Gasteiger partial charge in [0, 0.05) is 49.4 Å². The highest BCUT2D eigenvalue weighted by atomic mass is 19.1. The number of hydrogen-bond donors (Lipinski definition) is 0. The predicted molar refractivity (Wildman–Crippen MR) is 116 cm³/mol. The minimum Gasteiger partial charge on any atom is -0.272 e. The van der Waals surface area contributed by atoms with E-state index in [1.54, 1.807) is 31.0 Å². The Labute approximate surface area is 189 Å². The highest BCUT2D eigenvalue weighted by molar-refractivity contribution is 5.86. The number of nitrogens with zero attached hydrogens (tertiary/aromatic N) is 6. The van der Waals surface area contributed by atoms with Gasteiger partial charge in [0.15, 0.2) is 0 Å². The first-order valence-electron chi connectivity index (χ1n) is 11.1. The van der Waals surface area contributed by atoms with Crippen LogP contribution in [0.4, 0.5) is 8.78 Å². The minimum absolute atomic E-state index is 0.0367. The number of hydrogen-bond acceptors (Lipinski definition) is 5. The number of rotatable bonds is 5. The molecule has 7 nitrogen and oxygen atoms in total. The highest BCUT2D eigenvalue weighted by Gasteiger charge is 2.61. The first kappa shape index (κ1) is 20.1. The van der Waals surface area contributed by atoms with Crippen LogP contribution in [0.2, 0.25) is 0 Å². The van der Waals surface area contributed by atoms with Crippen LogP contribution in [0.5, 0.6) is 0 Å². The van der Waals surface area contributed by atoms with E-state index in [0.29, 0.717) is 23.8 Å². The molecule has 2 bridgehead atoms. The van der Waals surface area contributed by atoms with Crippen LogP contribution in [0, 0.1) is 28.9 Å². The lowest BCUT2D eigenvalue weighted by atomic mass is 9.68. The fourth-order valence-electron chi connectivity index (χ4n) is 5.77. The van der Waals surface area contributed by atoms with Crippen LogP contribution >= 0.6 is 0 Å². The molecule has 7 rings (SSSR count). The van der Waals surface area contributed by atoms with E-state index in [-0.39, 0.29) is 5.91 Å². The van der Waals surface area contributed by atoms with Gasteiger partial charge in [-0.25, -0.2) is 13.8 Å². The summed E-state index contributed by atoms with van der Waals surface area (Å²) in [7, 11) is 0. The van der Waals surface area contributed by atoms with Crippen LogP contribution in [-0.4, -0.2) is 36.9 Å². The molecule has 4 aliphatic rings. The molecule has 2 aromatic heterocycles. The number of carbonyl (C=O) groups is 1. The molecule has 2 atom stereocenters. The normalized spacial score (nSPS) is 27.7. The monoisotopic (exact) mass is 448 g/mol. The molecule has 3 heterocycles. The lowest BCUT2D eigenvalue weighted by molar-refractivity contribution is -0.148. The van der Waals surface area contributed by atoms with Crippen LogP contribution in [0.15, 0.2) is 54.3 Å². The van der Waals surface area contributed by atoms with Crippen LogP contribution in [0.25, 0.3) is 11.3 Å². The molecule has 0 saturated heterocycles. The van der Waals surface area contributed by atoms with Crippen molar-refractivity contribution in [3.63, 3.8) is 0 Å². The highest BCUT2D eigenvalue weighted by Crippen LogP contribution is 2.63. The fourth-order valence-corrected chi connectivity index (χ4v) is 5.77. The summed E-state index contributed by atoms with van der Waals surface area (Å²) in [6.45, 7) is 0.738. The maximum atomic E-state index is 13.8. The van der Waals surface area contributed by atoms with E-state index >= 15 is 0 Å². The molecular weight excluding hydrogens is 426 g/mol. The Kier molecular flexibility index (Phi) is 4.60. The number of aromatic nitrogens is 4. The van der Waals surface area contributed by atoms with E-state index in [1.807, 2.05) is 10.9 Å². The van der Waals surface area contributed by atoms with E-state index in [9.17, 15) is 13.6 Å². The number of amides is 1. The van der Waals surface area contributed by atoms with Gasteiger partial charge in [-0.05, 0) is 48.8 Å². The third kappa shape index (κ3) is 3.42. The van der Waals surface area contributed by atoms with Gasteiger partial charge in [0.25, 0.3) is 0 Å². The Bertz CT molecular complexity index is 1220. The summed E-state index contributed by atoms with van der Waals surface area (Å²) in [5, 5.41) is 10.2. The van der Waals surface area contributed by atoms with Crippen molar-refractivity contribution in [1.82, 2.24) is 24.8 Å². The van der Waals surface area contributed by atoms with E-state index in [4.69, 9.17) is 0 Å². The Morgan fingerprint density at radius 1 is 1.09 bits per heavy atom. The summed E-state index contributed by atoms with van der Waals surface area (Å²) < 4.78 is 29.4. The van der Waals surface area contributed by atoms with Gasteiger partial charge in [-0.2, -0.15) is 10.2 Å². The minimum atomic E-state index is -0.646. The molecule has 2 unspecified atom stereocenters. The van der Waals surface area contributed by atoms with Gasteiger partial charge in [-0.15, -0.1) is 0 Å². The summed E-state index contributed by atoms with van der Waals surface area (Å²) in [4.78, 5) is 21.9. The van der Waals surface area contributed by atoms with Crippen molar-refractivity contribution in [3.8, 4) is 11.3 Å². The molecule has 3 aliphatic carbocycles. The van der Waals surface area contributed by atoms with Crippen LogP contribution < -0.4 is 0 Å². The topological polar surface area (TPSA) is 76.3 Å². The predicted octanol–water partition coefficient (Wildman–Crippen LogP) is 3.99. The third-order valence-electron chi connectivity index (χ3n) is 7.30. The molecule has 0 spiro atoms. The zero-order chi connectivity index (χ0) is 22.6. The average molecular weight is 448 g/mol. The van der Waals surface area contributed by atoms with Crippen molar-refractivity contribution < 1.29 is 13.6 Å². The molecule has 1 aliphatic heterocycles. The standard InChI is InChI=1S/C24H22F2N6O/c25-19-5-15(6-20(26)7-19)22-1-2-29-32(22)23(33)24-8-16(9-24)17(10-24)13-31-14-18(11-30-31)21-12-27-3-4-28-21/h2-7,11-12,14,16-17,22H,1,8-10,13H2. The Morgan fingerprint density at radius 2 is 1.91 bits per heavy atom. The second kappa shape index (κ2) is 7.54. The first-order valence-corrected chi connectivity index (χ1v) is 11.1. The third-order valence-corrected chi connectivity index (χ3v) is 7.30. The Balaban J connectivity index is 1.16. The lowest BCUT2D eigenvalue weighted by Gasteiger charge is -2.40. The molecular formula is C24H22F2N6O. The average Bonchev–Trinajstić information content (AvgIpc) is 3.56. The zero-order valence-electron chi connectivity index (χ0n) is 17.8. The largest absolute Gasteiger partial charge is 0.272 e. The number of benzene rings is 1. The van der Waals surface area contributed by atoms with Crippen molar-refractivity contribution >= 4 is 12.1 Å². The molecule has 3 fully saturated rings. The van der Waals surface area contributed by atoms with Crippen molar-refractivity contribution in [2.75, 3.05) is 0 Å². The smallest absolute Gasteiger partial charge is 0.249 e. The molecule has 168 valence electrons. The molecule has 33 heavy (non-hydrogen) atoms. The van der Waals surface area contributed by atoms with Crippen LogP contribution in [0.3, 0.4) is 0 Å². The van der Waals surface area contributed by atoms with Crippen molar-refractivity contribution in [1.29, 1.82) is 0 Å². The number of fused-ring (bicyclic) bond motifs is 1. The molecule has 1 amide bonds. The number of halogens is 2. The maximum Gasteiger partial charge on any atom is 0.249 e. The van der Waals surface area contributed by atoms with Gasteiger partial charge in [0.2, 0.25) is 5.91 Å². The fraction of sp³-hybridized carbons (Fsp3) is 0.375. The maximum absolute atomic E-state index is 13.8. The van der Waals surface area contributed by atoms with Gasteiger partial charge in [-0.3, -0.25) is 19.4 Å². The van der Waals surface area contributed by atoms with E-state index in [0.717, 1.165) is 43.1 Å². The molecule has 0 radical (unpaired) electrons. The van der Waals surface area contributed by atoms with Gasteiger partial charge in [-0.1, -0.05) is 0 Å². The molecule has 3 saturated carbocycles. The first-order chi connectivity index (χ1) is 16.0. The van der Waals surface area contributed by atoms with Gasteiger partial charge < -0.3 is 0 Å². The summed E-state index contributed by atoms with van der Waals surface area (Å²) in [5.74, 6) is -0.514.